The van der Waals surface area contributed by atoms with Gasteiger partial charge in [-0.2, -0.15) is 0 Å². The van der Waals surface area contributed by atoms with Crippen molar-refractivity contribution in [3.05, 3.63) is 16.0 Å². The number of carbonyl (C=O) groups excluding carboxylic acids is 3. The molecule has 23 heavy (non-hydrogen) atoms. The van der Waals surface area contributed by atoms with E-state index in [1.54, 1.807) is 0 Å². The Morgan fingerprint density at radius 2 is 1.83 bits per heavy atom. The first kappa shape index (κ1) is 14.8. The Balaban J connectivity index is 1.82. The lowest BCUT2D eigenvalue weighted by atomic mass is 9.81. The highest BCUT2D eigenvalue weighted by molar-refractivity contribution is 7.17. The lowest BCUT2D eigenvalue weighted by Crippen LogP contribution is -2.35. The van der Waals surface area contributed by atoms with Crippen molar-refractivity contribution in [3.63, 3.8) is 0 Å². The van der Waals surface area contributed by atoms with Crippen LogP contribution < -0.4 is 10.6 Å². The monoisotopic (exact) mass is 334 g/mol. The summed E-state index contributed by atoms with van der Waals surface area (Å²) in [5.74, 6) is -1.85. The predicted molar refractivity (Wildman–Crippen MR) is 84.3 cm³/mol. The van der Waals surface area contributed by atoms with Crippen LogP contribution in [0.15, 0.2) is 0 Å². The molecule has 1 aromatic heterocycles. The summed E-state index contributed by atoms with van der Waals surface area (Å²) in [5, 5.41) is 0.399. The van der Waals surface area contributed by atoms with Crippen molar-refractivity contribution in [1.29, 1.82) is 0 Å². The van der Waals surface area contributed by atoms with Gasteiger partial charge in [0.2, 0.25) is 11.8 Å². The second-order valence-corrected chi connectivity index (χ2v) is 7.59. The summed E-state index contributed by atoms with van der Waals surface area (Å²) in [5.41, 5.74) is 6.69. The number of carbonyl (C=O) groups is 3. The van der Waals surface area contributed by atoms with E-state index < -0.39 is 17.7 Å². The number of fused-ring (bicyclic) bond motifs is 5. The molecule has 4 heterocycles. The molecule has 4 rings (SSSR count). The van der Waals surface area contributed by atoms with Crippen molar-refractivity contribution in [2.45, 2.75) is 45.3 Å². The zero-order valence-corrected chi connectivity index (χ0v) is 13.8. The molecule has 0 saturated carbocycles. The topological polar surface area (TPSA) is 89.7 Å². The fourth-order valence-corrected chi connectivity index (χ4v) is 5.57. The minimum absolute atomic E-state index is 0.157. The first-order valence-corrected chi connectivity index (χ1v) is 8.72. The number of anilines is 1. The van der Waals surface area contributed by atoms with E-state index in [1.165, 1.54) is 16.2 Å². The summed E-state index contributed by atoms with van der Waals surface area (Å²) in [6.07, 6.45) is 1.97. The van der Waals surface area contributed by atoms with Gasteiger partial charge in [-0.3, -0.25) is 14.4 Å². The molecule has 0 radical (unpaired) electrons. The average molecular weight is 334 g/mol. The van der Waals surface area contributed by atoms with Gasteiger partial charge in [0.05, 0.1) is 29.6 Å². The molecule has 0 aliphatic carbocycles. The lowest BCUT2D eigenvalue weighted by Gasteiger charge is -2.17. The predicted octanol–water partition coefficient (Wildman–Crippen LogP) is 1.38. The molecular weight excluding hydrogens is 316 g/mol. The van der Waals surface area contributed by atoms with E-state index in [-0.39, 0.29) is 24.0 Å². The maximum absolute atomic E-state index is 12.9. The van der Waals surface area contributed by atoms with Crippen LogP contribution in [-0.4, -0.2) is 29.9 Å². The number of imide groups is 1. The Morgan fingerprint density at radius 3 is 2.30 bits per heavy atom. The highest BCUT2D eigenvalue weighted by Crippen LogP contribution is 2.51. The third-order valence-corrected chi connectivity index (χ3v) is 6.41. The maximum Gasteiger partial charge on any atom is 0.252 e. The van der Waals surface area contributed by atoms with Gasteiger partial charge in [-0.05, 0) is 31.7 Å². The number of nitrogens with zero attached hydrogens (tertiary/aromatic N) is 1. The molecule has 2 bridgehead atoms. The number of amides is 3. The number of primary amides is 1. The molecule has 3 aliphatic heterocycles. The number of aryl methyl sites for hydroxylation is 1. The fraction of sp³-hybridized carbons (Fsp3) is 0.562. The van der Waals surface area contributed by atoms with Crippen LogP contribution in [0.1, 0.15) is 40.6 Å². The van der Waals surface area contributed by atoms with Gasteiger partial charge in [0, 0.05) is 4.88 Å². The molecule has 1 aromatic rings. The SMILES string of the molecule is CCc1c(C)sc(N2C(=O)[C@@H]3[C@H](C2=O)[C@@H]2CC[C@@H]3O2)c1C(N)=O. The largest absolute Gasteiger partial charge is 0.373 e. The first-order chi connectivity index (χ1) is 11.0. The van der Waals surface area contributed by atoms with Crippen molar-refractivity contribution < 1.29 is 19.1 Å². The molecule has 3 aliphatic rings. The standard InChI is InChI=1S/C16H18N2O4S/c1-3-7-6(2)23-16(10(7)13(17)19)18-14(20)11-8-4-5-9(22-8)12(11)15(18)21/h8-9,11-12H,3-5H2,1-2H3,(H2,17,19)/t8-,9-,11-,12+/m0/s1. The van der Waals surface area contributed by atoms with E-state index in [1.807, 2.05) is 13.8 Å². The van der Waals surface area contributed by atoms with Crippen LogP contribution in [0.25, 0.3) is 0 Å². The minimum Gasteiger partial charge on any atom is -0.373 e. The lowest BCUT2D eigenvalue weighted by molar-refractivity contribution is -0.124. The second kappa shape index (κ2) is 4.88. The van der Waals surface area contributed by atoms with E-state index in [2.05, 4.69) is 0 Å². The Kier molecular flexibility index (Phi) is 3.15. The number of thiophene rings is 1. The highest BCUT2D eigenvalue weighted by atomic mass is 32.1. The molecule has 7 heteroatoms. The van der Waals surface area contributed by atoms with Crippen molar-refractivity contribution in [2.75, 3.05) is 4.90 Å². The normalized spacial score (nSPS) is 32.0. The van der Waals surface area contributed by atoms with Gasteiger partial charge >= 0.3 is 0 Å². The number of ether oxygens (including phenoxy) is 1. The summed E-state index contributed by atoms with van der Waals surface area (Å²) in [4.78, 5) is 39.8. The number of nitrogens with two attached hydrogens (primary N) is 1. The zero-order chi connectivity index (χ0) is 16.5. The average Bonchev–Trinajstić information content (AvgIpc) is 3.22. The van der Waals surface area contributed by atoms with E-state index in [9.17, 15) is 14.4 Å². The van der Waals surface area contributed by atoms with Gasteiger partial charge in [-0.25, -0.2) is 4.90 Å². The summed E-state index contributed by atoms with van der Waals surface area (Å²) in [7, 11) is 0. The summed E-state index contributed by atoms with van der Waals surface area (Å²) in [6.45, 7) is 3.82. The van der Waals surface area contributed by atoms with E-state index >= 15 is 0 Å². The molecule has 0 aromatic carbocycles. The van der Waals surface area contributed by atoms with E-state index in [4.69, 9.17) is 10.5 Å². The van der Waals surface area contributed by atoms with Crippen molar-refractivity contribution in [1.82, 2.24) is 0 Å². The Bertz CT molecular complexity index is 713. The molecule has 122 valence electrons. The van der Waals surface area contributed by atoms with Crippen molar-refractivity contribution in [3.8, 4) is 0 Å². The number of hydrogen-bond acceptors (Lipinski definition) is 5. The summed E-state index contributed by atoms with van der Waals surface area (Å²) >= 11 is 1.30. The minimum atomic E-state index is -0.585. The third kappa shape index (κ3) is 1.80. The molecule has 2 N–H and O–H groups in total. The zero-order valence-electron chi connectivity index (χ0n) is 13.0. The third-order valence-electron chi connectivity index (χ3n) is 5.28. The quantitative estimate of drug-likeness (QED) is 0.846. The van der Waals surface area contributed by atoms with Crippen LogP contribution in [0.3, 0.4) is 0 Å². The van der Waals surface area contributed by atoms with Crippen LogP contribution in [0.2, 0.25) is 0 Å². The molecule has 4 atom stereocenters. The number of hydrogen-bond donors (Lipinski definition) is 1. The molecule has 3 amide bonds. The molecule has 0 spiro atoms. The number of rotatable bonds is 3. The van der Waals surface area contributed by atoms with Gasteiger partial charge in [-0.15, -0.1) is 11.3 Å². The Labute approximate surface area is 137 Å². The van der Waals surface area contributed by atoms with Gasteiger partial charge in [0.25, 0.3) is 5.91 Å². The maximum atomic E-state index is 12.9. The molecule has 3 fully saturated rings. The second-order valence-electron chi connectivity index (χ2n) is 6.39. The van der Waals surface area contributed by atoms with Crippen LogP contribution in [0.4, 0.5) is 5.00 Å². The van der Waals surface area contributed by atoms with Gasteiger partial charge in [-0.1, -0.05) is 6.92 Å². The van der Waals surface area contributed by atoms with Crippen molar-refractivity contribution in [2.24, 2.45) is 17.6 Å². The van der Waals surface area contributed by atoms with Gasteiger partial charge in [0.15, 0.2) is 0 Å². The van der Waals surface area contributed by atoms with E-state index in [0.717, 1.165) is 23.3 Å². The first-order valence-electron chi connectivity index (χ1n) is 7.91. The van der Waals surface area contributed by atoms with Crippen LogP contribution in [-0.2, 0) is 20.7 Å². The molecule has 6 nitrogen and oxygen atoms in total. The summed E-state index contributed by atoms with van der Waals surface area (Å²) in [6, 6.07) is 0. The Morgan fingerprint density at radius 1 is 1.26 bits per heavy atom. The smallest absolute Gasteiger partial charge is 0.252 e. The van der Waals surface area contributed by atoms with Crippen LogP contribution in [0, 0.1) is 18.8 Å². The molecular formula is C16H18N2O4S. The Hall–Kier alpha value is -1.73. The van der Waals surface area contributed by atoms with Crippen LogP contribution in [0.5, 0.6) is 0 Å². The van der Waals surface area contributed by atoms with Gasteiger partial charge in [0.1, 0.15) is 5.00 Å². The van der Waals surface area contributed by atoms with Gasteiger partial charge < -0.3 is 10.5 Å². The van der Waals surface area contributed by atoms with E-state index in [0.29, 0.717) is 17.0 Å². The fourth-order valence-electron chi connectivity index (χ4n) is 4.31. The highest BCUT2D eigenvalue weighted by Gasteiger charge is 2.63. The molecule has 3 saturated heterocycles. The molecule has 0 unspecified atom stereocenters. The van der Waals surface area contributed by atoms with Crippen LogP contribution >= 0.6 is 11.3 Å². The summed E-state index contributed by atoms with van der Waals surface area (Å²) < 4.78 is 5.74. The van der Waals surface area contributed by atoms with Crippen molar-refractivity contribution >= 4 is 34.1 Å².